The Kier molecular flexibility index (Phi) is 3.89. The second kappa shape index (κ2) is 5.21. The summed E-state index contributed by atoms with van der Waals surface area (Å²) in [6, 6.07) is 3.14. The molecule has 16 heavy (non-hydrogen) atoms. The lowest BCUT2D eigenvalue weighted by Gasteiger charge is -2.26. The van der Waals surface area contributed by atoms with Crippen molar-refractivity contribution < 1.29 is 13.5 Å². The highest BCUT2D eigenvalue weighted by atomic mass is 79.9. The highest BCUT2D eigenvalue weighted by Crippen LogP contribution is 2.22. The molecule has 0 bridgehead atoms. The Hall–Kier alpha value is -0.520. The van der Waals surface area contributed by atoms with Gasteiger partial charge in [-0.25, -0.2) is 8.78 Å². The van der Waals surface area contributed by atoms with Crippen molar-refractivity contribution in [1.29, 1.82) is 0 Å². The molecular formula is C11H12BrF2NO. The Morgan fingerprint density at radius 1 is 1.19 bits per heavy atom. The van der Waals surface area contributed by atoms with Crippen LogP contribution in [0.1, 0.15) is 5.56 Å². The van der Waals surface area contributed by atoms with Crippen LogP contribution in [0.5, 0.6) is 0 Å². The van der Waals surface area contributed by atoms with Crippen molar-refractivity contribution in [1.82, 2.24) is 4.90 Å². The average Bonchev–Trinajstić information content (AvgIpc) is 2.31. The minimum absolute atomic E-state index is 0.163. The van der Waals surface area contributed by atoms with E-state index in [-0.39, 0.29) is 4.47 Å². The number of hydrogen-bond donors (Lipinski definition) is 0. The lowest BCUT2D eigenvalue weighted by atomic mass is 10.2. The van der Waals surface area contributed by atoms with Crippen LogP contribution in [0.2, 0.25) is 0 Å². The topological polar surface area (TPSA) is 12.5 Å². The Labute approximate surface area is 101 Å². The molecule has 5 heteroatoms. The predicted molar refractivity (Wildman–Crippen MR) is 60.2 cm³/mol. The van der Waals surface area contributed by atoms with Crippen LogP contribution in [-0.2, 0) is 11.3 Å². The third kappa shape index (κ3) is 2.59. The summed E-state index contributed by atoms with van der Waals surface area (Å²) in [5, 5.41) is 0. The zero-order valence-corrected chi connectivity index (χ0v) is 10.3. The van der Waals surface area contributed by atoms with Crippen molar-refractivity contribution in [3.8, 4) is 0 Å². The summed E-state index contributed by atoms with van der Waals surface area (Å²) < 4.78 is 32.2. The first-order valence-electron chi connectivity index (χ1n) is 5.11. The Morgan fingerprint density at radius 3 is 2.56 bits per heavy atom. The maximum absolute atomic E-state index is 13.6. The fraction of sp³-hybridized carbons (Fsp3) is 0.455. The van der Waals surface area contributed by atoms with E-state index >= 15 is 0 Å². The number of hydrogen-bond acceptors (Lipinski definition) is 2. The van der Waals surface area contributed by atoms with Crippen LogP contribution in [-0.4, -0.2) is 31.2 Å². The fourth-order valence-corrected chi connectivity index (χ4v) is 1.99. The summed E-state index contributed by atoms with van der Waals surface area (Å²) >= 11 is 2.96. The van der Waals surface area contributed by atoms with Gasteiger partial charge in [0.2, 0.25) is 0 Å². The number of nitrogens with zero attached hydrogens (tertiary/aromatic N) is 1. The average molecular weight is 292 g/mol. The highest BCUT2D eigenvalue weighted by molar-refractivity contribution is 9.10. The molecule has 0 aromatic heterocycles. The van der Waals surface area contributed by atoms with Crippen LogP contribution in [0.4, 0.5) is 8.78 Å². The van der Waals surface area contributed by atoms with Gasteiger partial charge in [0.25, 0.3) is 0 Å². The van der Waals surface area contributed by atoms with Gasteiger partial charge in [-0.2, -0.15) is 0 Å². The smallest absolute Gasteiger partial charge is 0.173 e. The molecule has 1 heterocycles. The number of morpholine rings is 1. The predicted octanol–water partition coefficient (Wildman–Crippen LogP) is 2.56. The zero-order valence-electron chi connectivity index (χ0n) is 8.68. The molecule has 1 aliphatic heterocycles. The number of halogens is 3. The van der Waals surface area contributed by atoms with Gasteiger partial charge in [-0.3, -0.25) is 4.90 Å². The van der Waals surface area contributed by atoms with Crippen molar-refractivity contribution in [2.45, 2.75) is 6.54 Å². The molecule has 1 saturated heterocycles. The van der Waals surface area contributed by atoms with Crippen LogP contribution in [0, 0.1) is 11.6 Å². The van der Waals surface area contributed by atoms with E-state index in [1.165, 1.54) is 6.07 Å². The summed E-state index contributed by atoms with van der Waals surface area (Å²) in [4.78, 5) is 2.05. The molecule has 1 aromatic carbocycles. The Bertz CT molecular complexity index is 380. The Balaban J connectivity index is 2.11. The van der Waals surface area contributed by atoms with Gasteiger partial charge >= 0.3 is 0 Å². The molecule has 2 nitrogen and oxygen atoms in total. The highest BCUT2D eigenvalue weighted by Gasteiger charge is 2.16. The third-order valence-corrected chi connectivity index (χ3v) is 3.23. The standard InChI is InChI=1S/C11H12BrF2NO/c12-9-2-1-8(10(13)11(9)14)7-15-3-5-16-6-4-15/h1-2H,3-7H2. The van der Waals surface area contributed by atoms with Gasteiger partial charge in [0, 0.05) is 25.2 Å². The van der Waals surface area contributed by atoms with E-state index in [2.05, 4.69) is 20.8 Å². The van der Waals surface area contributed by atoms with E-state index in [0.717, 1.165) is 13.1 Å². The molecule has 2 rings (SSSR count). The summed E-state index contributed by atoms with van der Waals surface area (Å²) in [6.07, 6.45) is 0. The van der Waals surface area contributed by atoms with Crippen LogP contribution in [0.15, 0.2) is 16.6 Å². The van der Waals surface area contributed by atoms with Crippen molar-refractivity contribution in [2.75, 3.05) is 26.3 Å². The van der Waals surface area contributed by atoms with E-state index in [9.17, 15) is 8.78 Å². The van der Waals surface area contributed by atoms with Crippen molar-refractivity contribution in [3.63, 3.8) is 0 Å². The minimum Gasteiger partial charge on any atom is -0.379 e. The molecule has 0 saturated carbocycles. The SMILES string of the molecule is Fc1c(Br)ccc(CN2CCOCC2)c1F. The molecule has 0 aliphatic carbocycles. The molecular weight excluding hydrogens is 280 g/mol. The van der Waals surface area contributed by atoms with E-state index < -0.39 is 11.6 Å². The molecule has 1 aromatic rings. The number of rotatable bonds is 2. The van der Waals surface area contributed by atoms with Gasteiger partial charge in [0.05, 0.1) is 17.7 Å². The first-order valence-corrected chi connectivity index (χ1v) is 5.90. The molecule has 88 valence electrons. The molecule has 0 amide bonds. The minimum atomic E-state index is -0.814. The van der Waals surface area contributed by atoms with E-state index in [1.54, 1.807) is 6.07 Å². The van der Waals surface area contributed by atoms with Crippen LogP contribution >= 0.6 is 15.9 Å². The molecule has 0 atom stereocenters. The maximum atomic E-state index is 13.6. The lowest BCUT2D eigenvalue weighted by Crippen LogP contribution is -2.35. The second-order valence-electron chi connectivity index (χ2n) is 3.72. The quantitative estimate of drug-likeness (QED) is 0.777. The van der Waals surface area contributed by atoms with Gasteiger partial charge in [0.1, 0.15) is 0 Å². The van der Waals surface area contributed by atoms with Gasteiger partial charge in [-0.1, -0.05) is 6.07 Å². The zero-order chi connectivity index (χ0) is 11.5. The second-order valence-corrected chi connectivity index (χ2v) is 4.58. The molecule has 0 unspecified atom stereocenters. The first kappa shape index (κ1) is 12.0. The molecule has 1 aliphatic rings. The number of ether oxygens (including phenoxy) is 1. The van der Waals surface area contributed by atoms with E-state index in [1.807, 2.05) is 0 Å². The fourth-order valence-electron chi connectivity index (χ4n) is 1.69. The van der Waals surface area contributed by atoms with Gasteiger partial charge in [-0.05, 0) is 22.0 Å². The van der Waals surface area contributed by atoms with Crippen molar-refractivity contribution in [2.24, 2.45) is 0 Å². The summed E-state index contributed by atoms with van der Waals surface area (Å²) in [5.74, 6) is -1.58. The van der Waals surface area contributed by atoms with E-state index in [0.29, 0.717) is 25.3 Å². The summed E-state index contributed by atoms with van der Waals surface area (Å²) in [5.41, 5.74) is 0.391. The van der Waals surface area contributed by atoms with Crippen LogP contribution in [0.25, 0.3) is 0 Å². The summed E-state index contributed by atoms with van der Waals surface area (Å²) in [7, 11) is 0. The number of benzene rings is 1. The molecule has 0 spiro atoms. The van der Waals surface area contributed by atoms with Gasteiger partial charge in [-0.15, -0.1) is 0 Å². The molecule has 1 fully saturated rings. The molecule has 0 N–H and O–H groups in total. The first-order chi connectivity index (χ1) is 7.68. The van der Waals surface area contributed by atoms with Crippen molar-refractivity contribution in [3.05, 3.63) is 33.8 Å². The normalized spacial score (nSPS) is 17.7. The molecule has 0 radical (unpaired) electrons. The van der Waals surface area contributed by atoms with Crippen LogP contribution in [0.3, 0.4) is 0 Å². The summed E-state index contributed by atoms with van der Waals surface area (Å²) in [6.45, 7) is 3.26. The van der Waals surface area contributed by atoms with Gasteiger partial charge in [0.15, 0.2) is 11.6 Å². The third-order valence-electron chi connectivity index (χ3n) is 2.61. The maximum Gasteiger partial charge on any atom is 0.173 e. The lowest BCUT2D eigenvalue weighted by molar-refractivity contribution is 0.0336. The van der Waals surface area contributed by atoms with E-state index in [4.69, 9.17) is 4.74 Å². The monoisotopic (exact) mass is 291 g/mol. The Morgan fingerprint density at radius 2 is 1.88 bits per heavy atom. The van der Waals surface area contributed by atoms with Gasteiger partial charge < -0.3 is 4.74 Å². The van der Waals surface area contributed by atoms with Crippen molar-refractivity contribution >= 4 is 15.9 Å². The largest absolute Gasteiger partial charge is 0.379 e. The van der Waals surface area contributed by atoms with Crippen LogP contribution < -0.4 is 0 Å².